The minimum Gasteiger partial charge on any atom is -0.469 e. The molecule has 0 spiro atoms. The second-order valence-electron chi connectivity index (χ2n) is 4.80. The first-order valence-corrected chi connectivity index (χ1v) is 6.84. The van der Waals surface area contributed by atoms with Crippen molar-refractivity contribution in [2.75, 3.05) is 19.5 Å². The van der Waals surface area contributed by atoms with Crippen LogP contribution in [0.25, 0.3) is 0 Å². The van der Waals surface area contributed by atoms with Crippen LogP contribution in [0.4, 0.5) is 0 Å². The Kier molecular flexibility index (Phi) is 4.50. The van der Waals surface area contributed by atoms with Gasteiger partial charge in [0.2, 0.25) is 0 Å². The van der Waals surface area contributed by atoms with Gasteiger partial charge in [-0.3, -0.25) is 9.00 Å². The molecule has 1 rings (SSSR count). The number of carbonyl (C=O) groups excluding carboxylic acids is 1. The first-order valence-electron chi connectivity index (χ1n) is 5.45. The lowest BCUT2D eigenvalue weighted by molar-refractivity contribution is -0.149. The Morgan fingerprint density at radius 1 is 1.56 bits per heavy atom. The van der Waals surface area contributed by atoms with E-state index in [0.29, 0.717) is 12.4 Å². The Morgan fingerprint density at radius 2 is 2.19 bits per heavy atom. The molecule has 0 aliphatic carbocycles. The van der Waals surface area contributed by atoms with Gasteiger partial charge in [-0.1, -0.05) is 0 Å². The summed E-state index contributed by atoms with van der Waals surface area (Å²) in [7, 11) is 0.313. The molecule has 1 heterocycles. The second kappa shape index (κ2) is 5.27. The van der Waals surface area contributed by atoms with E-state index < -0.39 is 16.2 Å². The van der Waals surface area contributed by atoms with Crippen molar-refractivity contribution in [1.82, 2.24) is 0 Å². The molecule has 4 nitrogen and oxygen atoms in total. The number of carbonyl (C=O) groups is 1. The minimum atomic E-state index is -1.04. The van der Waals surface area contributed by atoms with Crippen LogP contribution < -0.4 is 0 Å². The first kappa shape index (κ1) is 13.6. The third-order valence-electron chi connectivity index (χ3n) is 2.89. The lowest BCUT2D eigenvalue weighted by Gasteiger charge is -2.23. The van der Waals surface area contributed by atoms with Crippen molar-refractivity contribution in [3.05, 3.63) is 0 Å². The molecule has 3 unspecified atom stereocenters. The summed E-state index contributed by atoms with van der Waals surface area (Å²) in [5.41, 5.74) is -0.693. The second-order valence-corrected chi connectivity index (χ2v) is 6.46. The predicted molar refractivity (Wildman–Crippen MR) is 62.6 cm³/mol. The third kappa shape index (κ3) is 3.04. The van der Waals surface area contributed by atoms with Gasteiger partial charge in [-0.05, 0) is 27.2 Å². The van der Waals surface area contributed by atoms with E-state index in [-0.39, 0.29) is 17.3 Å². The van der Waals surface area contributed by atoms with Gasteiger partial charge in [0.1, 0.15) is 0 Å². The molecular formula is C11H20O4S. The molecule has 0 aromatic carbocycles. The van der Waals surface area contributed by atoms with E-state index in [1.54, 1.807) is 13.8 Å². The number of ether oxygens (including phenoxy) is 2. The molecule has 1 aliphatic rings. The molecule has 0 bridgehead atoms. The molecule has 1 saturated heterocycles. The predicted octanol–water partition coefficient (Wildman–Crippen LogP) is 1.11. The van der Waals surface area contributed by atoms with Crippen molar-refractivity contribution in [1.29, 1.82) is 0 Å². The summed E-state index contributed by atoms with van der Waals surface area (Å²) in [6, 6.07) is 0. The van der Waals surface area contributed by atoms with Gasteiger partial charge in [-0.2, -0.15) is 0 Å². The highest BCUT2D eigenvalue weighted by molar-refractivity contribution is 7.85. The number of rotatable bonds is 4. The average molecular weight is 248 g/mol. The summed E-state index contributed by atoms with van der Waals surface area (Å²) < 4.78 is 22.2. The van der Waals surface area contributed by atoms with Gasteiger partial charge in [0.25, 0.3) is 0 Å². The van der Waals surface area contributed by atoms with E-state index in [0.717, 1.165) is 6.42 Å². The van der Waals surface area contributed by atoms with Gasteiger partial charge < -0.3 is 9.47 Å². The number of hydrogen-bond acceptors (Lipinski definition) is 4. The molecule has 0 amide bonds. The molecule has 0 radical (unpaired) electrons. The zero-order valence-corrected chi connectivity index (χ0v) is 11.1. The van der Waals surface area contributed by atoms with Crippen LogP contribution in [-0.2, 0) is 25.1 Å². The fourth-order valence-electron chi connectivity index (χ4n) is 1.86. The molecule has 0 aromatic heterocycles. The van der Waals surface area contributed by atoms with E-state index in [2.05, 4.69) is 0 Å². The number of esters is 1. The third-order valence-corrected chi connectivity index (χ3v) is 5.19. The van der Waals surface area contributed by atoms with Crippen LogP contribution >= 0.6 is 0 Å². The van der Waals surface area contributed by atoms with Crippen LogP contribution in [-0.4, -0.2) is 41.0 Å². The van der Waals surface area contributed by atoms with Gasteiger partial charge in [0, 0.05) is 23.2 Å². The molecule has 1 aliphatic heterocycles. The molecule has 3 atom stereocenters. The highest BCUT2D eigenvalue weighted by atomic mass is 32.2. The molecule has 16 heavy (non-hydrogen) atoms. The smallest absolute Gasteiger partial charge is 0.312 e. The molecule has 1 fully saturated rings. The van der Waals surface area contributed by atoms with Gasteiger partial charge in [-0.25, -0.2) is 0 Å². The summed E-state index contributed by atoms with van der Waals surface area (Å²) in [5, 5.41) is 0.0453. The fraction of sp³-hybridized carbons (Fsp3) is 0.909. The van der Waals surface area contributed by atoms with Crippen molar-refractivity contribution in [3.63, 3.8) is 0 Å². The average Bonchev–Trinajstić information content (AvgIpc) is 2.62. The highest BCUT2D eigenvalue weighted by Crippen LogP contribution is 2.25. The molecule has 0 saturated carbocycles. The number of methoxy groups -OCH3 is 1. The van der Waals surface area contributed by atoms with E-state index in [4.69, 9.17) is 9.47 Å². The van der Waals surface area contributed by atoms with Crippen LogP contribution in [0.5, 0.6) is 0 Å². The Labute approximate surface area is 99.1 Å². The van der Waals surface area contributed by atoms with E-state index >= 15 is 0 Å². The van der Waals surface area contributed by atoms with Crippen molar-refractivity contribution in [3.8, 4) is 0 Å². The highest BCUT2D eigenvalue weighted by Gasteiger charge is 2.36. The molecule has 5 heteroatoms. The number of hydrogen-bond donors (Lipinski definition) is 0. The zero-order chi connectivity index (χ0) is 12.3. The van der Waals surface area contributed by atoms with Gasteiger partial charge in [0.05, 0.1) is 23.9 Å². The van der Waals surface area contributed by atoms with Crippen LogP contribution in [0.2, 0.25) is 0 Å². The summed E-state index contributed by atoms with van der Waals surface area (Å²) in [6.45, 7) is 6.12. The quantitative estimate of drug-likeness (QED) is 0.699. The maximum Gasteiger partial charge on any atom is 0.312 e. The molecule has 0 aromatic rings. The van der Waals surface area contributed by atoms with Crippen LogP contribution in [0.15, 0.2) is 0 Å². The lowest BCUT2D eigenvalue weighted by Crippen LogP contribution is -2.36. The molecule has 0 N–H and O–H groups in total. The fourth-order valence-corrected chi connectivity index (χ4v) is 3.76. The SMILES string of the molecule is COC(=O)C(C)(C)CS(=O)C1CCOC1C. The van der Waals surface area contributed by atoms with Crippen LogP contribution in [0.3, 0.4) is 0 Å². The Hall–Kier alpha value is -0.420. The van der Waals surface area contributed by atoms with E-state index in [9.17, 15) is 9.00 Å². The topological polar surface area (TPSA) is 52.6 Å². The Bertz CT molecular complexity index is 288. The monoisotopic (exact) mass is 248 g/mol. The van der Waals surface area contributed by atoms with Crippen molar-refractivity contribution in [2.24, 2.45) is 5.41 Å². The zero-order valence-electron chi connectivity index (χ0n) is 10.3. The Balaban J connectivity index is 2.60. The van der Waals surface area contributed by atoms with E-state index in [1.807, 2.05) is 6.92 Å². The summed E-state index contributed by atoms with van der Waals surface area (Å²) in [6.07, 6.45) is 0.833. The first-order chi connectivity index (χ1) is 7.38. The van der Waals surface area contributed by atoms with Gasteiger partial charge >= 0.3 is 5.97 Å². The largest absolute Gasteiger partial charge is 0.469 e. The van der Waals surface area contributed by atoms with Gasteiger partial charge in [-0.15, -0.1) is 0 Å². The lowest BCUT2D eigenvalue weighted by atomic mass is 9.97. The van der Waals surface area contributed by atoms with Crippen LogP contribution in [0.1, 0.15) is 27.2 Å². The maximum absolute atomic E-state index is 12.1. The summed E-state index contributed by atoms with van der Waals surface area (Å²) in [4.78, 5) is 11.5. The Morgan fingerprint density at radius 3 is 2.62 bits per heavy atom. The normalized spacial score (nSPS) is 27.8. The minimum absolute atomic E-state index is 0.0225. The van der Waals surface area contributed by atoms with Crippen molar-refractivity contribution < 1.29 is 18.5 Å². The summed E-state index contributed by atoms with van der Waals surface area (Å²) >= 11 is 0. The molecular weight excluding hydrogens is 228 g/mol. The standard InChI is InChI=1S/C11H20O4S/c1-8-9(5-6-15-8)16(13)7-11(2,3)10(12)14-4/h8-9H,5-7H2,1-4H3. The van der Waals surface area contributed by atoms with Crippen LogP contribution in [0, 0.1) is 5.41 Å². The van der Waals surface area contributed by atoms with Crippen molar-refractivity contribution >= 4 is 16.8 Å². The van der Waals surface area contributed by atoms with E-state index in [1.165, 1.54) is 7.11 Å². The maximum atomic E-state index is 12.1. The van der Waals surface area contributed by atoms with Crippen molar-refractivity contribution in [2.45, 2.75) is 38.5 Å². The van der Waals surface area contributed by atoms with Gasteiger partial charge in [0.15, 0.2) is 0 Å². The summed E-state index contributed by atoms with van der Waals surface area (Å²) in [5.74, 6) is 0.0188. The molecule has 94 valence electrons.